The third kappa shape index (κ3) is 4.13. The second-order valence-electron chi connectivity index (χ2n) is 3.81. The van der Waals surface area contributed by atoms with Gasteiger partial charge in [0.25, 0.3) is 0 Å². The van der Waals surface area contributed by atoms with Crippen molar-refractivity contribution in [2.45, 2.75) is 26.7 Å². The maximum absolute atomic E-state index is 3.39. The number of piperidine rings is 1. The summed E-state index contributed by atoms with van der Waals surface area (Å²) in [4.78, 5) is 2.36. The molecule has 0 amide bonds. The fourth-order valence-electron chi connectivity index (χ4n) is 1.72. The van der Waals surface area contributed by atoms with Crippen molar-refractivity contribution < 1.29 is 0 Å². The van der Waals surface area contributed by atoms with Gasteiger partial charge in [-0.25, -0.2) is 0 Å². The highest BCUT2D eigenvalue weighted by Gasteiger charge is 2.08. The van der Waals surface area contributed by atoms with Crippen LogP contribution >= 0.6 is 0 Å². The van der Waals surface area contributed by atoms with Crippen molar-refractivity contribution in [2.24, 2.45) is 5.92 Å². The largest absolute Gasteiger partial charge is 0.317 e. The molecule has 2 heteroatoms. The zero-order valence-electron chi connectivity index (χ0n) is 9.47. The van der Waals surface area contributed by atoms with Crippen molar-refractivity contribution in [3.63, 3.8) is 0 Å². The van der Waals surface area contributed by atoms with Gasteiger partial charge in [-0.3, -0.25) is 4.90 Å². The SMILES string of the molecule is CCN(CC)CC#CC1CCNCC1. The molecule has 1 heterocycles. The Balaban J connectivity index is 2.23. The predicted octanol–water partition coefficient (Wildman–Crippen LogP) is 1.33. The van der Waals surface area contributed by atoms with Gasteiger partial charge in [0.15, 0.2) is 0 Å². The van der Waals surface area contributed by atoms with Crippen LogP contribution < -0.4 is 5.32 Å². The Hall–Kier alpha value is -0.520. The fraction of sp³-hybridized carbons (Fsp3) is 0.833. The summed E-state index contributed by atoms with van der Waals surface area (Å²) in [6, 6.07) is 0. The molecule has 1 rings (SSSR count). The van der Waals surface area contributed by atoms with Gasteiger partial charge in [0.1, 0.15) is 0 Å². The molecule has 0 aromatic rings. The van der Waals surface area contributed by atoms with Crippen molar-refractivity contribution >= 4 is 0 Å². The first-order chi connectivity index (χ1) is 6.86. The van der Waals surface area contributed by atoms with Gasteiger partial charge in [-0.15, -0.1) is 0 Å². The van der Waals surface area contributed by atoms with Gasteiger partial charge in [-0.05, 0) is 39.0 Å². The van der Waals surface area contributed by atoms with Gasteiger partial charge in [0, 0.05) is 5.92 Å². The van der Waals surface area contributed by atoms with Crippen LogP contribution in [0.1, 0.15) is 26.7 Å². The first kappa shape index (κ1) is 11.6. The Kier molecular flexibility index (Phi) is 5.66. The van der Waals surface area contributed by atoms with E-state index < -0.39 is 0 Å². The molecule has 0 unspecified atom stereocenters. The second-order valence-corrected chi connectivity index (χ2v) is 3.81. The van der Waals surface area contributed by atoms with Crippen LogP contribution in [0, 0.1) is 17.8 Å². The molecule has 14 heavy (non-hydrogen) atoms. The van der Waals surface area contributed by atoms with E-state index in [-0.39, 0.29) is 0 Å². The second kappa shape index (κ2) is 6.86. The molecule has 0 radical (unpaired) electrons. The van der Waals surface area contributed by atoms with E-state index in [4.69, 9.17) is 0 Å². The molecular formula is C12H22N2. The number of nitrogens with zero attached hydrogens (tertiary/aromatic N) is 1. The summed E-state index contributed by atoms with van der Waals surface area (Å²) in [7, 11) is 0. The highest BCUT2D eigenvalue weighted by molar-refractivity contribution is 5.06. The summed E-state index contributed by atoms with van der Waals surface area (Å²) >= 11 is 0. The van der Waals surface area contributed by atoms with Crippen LogP contribution in [-0.4, -0.2) is 37.6 Å². The molecule has 0 aromatic heterocycles. The predicted molar refractivity (Wildman–Crippen MR) is 61.2 cm³/mol. The van der Waals surface area contributed by atoms with Gasteiger partial charge in [0.05, 0.1) is 6.54 Å². The lowest BCUT2D eigenvalue weighted by Crippen LogP contribution is -2.27. The Labute approximate surface area is 88.1 Å². The minimum atomic E-state index is 0.645. The van der Waals surface area contributed by atoms with Gasteiger partial charge < -0.3 is 5.32 Å². The summed E-state index contributed by atoms with van der Waals surface area (Å²) in [5, 5.41) is 3.36. The maximum atomic E-state index is 3.39. The van der Waals surface area contributed by atoms with Gasteiger partial charge >= 0.3 is 0 Å². The molecule has 0 spiro atoms. The van der Waals surface area contributed by atoms with E-state index in [0.29, 0.717) is 5.92 Å². The van der Waals surface area contributed by atoms with Crippen LogP contribution in [0.15, 0.2) is 0 Å². The van der Waals surface area contributed by atoms with Gasteiger partial charge in [0.2, 0.25) is 0 Å². The molecule has 1 aliphatic heterocycles. The number of hydrogen-bond donors (Lipinski definition) is 1. The molecule has 1 aliphatic rings. The zero-order valence-corrected chi connectivity index (χ0v) is 9.47. The van der Waals surface area contributed by atoms with E-state index in [0.717, 1.165) is 32.7 Å². The van der Waals surface area contributed by atoms with E-state index in [1.165, 1.54) is 12.8 Å². The van der Waals surface area contributed by atoms with Crippen molar-refractivity contribution in [3.8, 4) is 11.8 Å². The number of rotatable bonds is 3. The van der Waals surface area contributed by atoms with Gasteiger partial charge in [-0.2, -0.15) is 0 Å². The third-order valence-corrected chi connectivity index (χ3v) is 2.84. The molecule has 1 fully saturated rings. The summed E-state index contributed by atoms with van der Waals surface area (Å²) in [6.07, 6.45) is 2.45. The highest BCUT2D eigenvalue weighted by atomic mass is 15.1. The minimum absolute atomic E-state index is 0.645. The van der Waals surface area contributed by atoms with Crippen LogP contribution in [0.4, 0.5) is 0 Å². The van der Waals surface area contributed by atoms with E-state index >= 15 is 0 Å². The van der Waals surface area contributed by atoms with Crippen molar-refractivity contribution in [2.75, 3.05) is 32.7 Å². The lowest BCUT2D eigenvalue weighted by molar-refractivity contribution is 0.342. The maximum Gasteiger partial charge on any atom is 0.0601 e. The summed E-state index contributed by atoms with van der Waals surface area (Å²) < 4.78 is 0. The average Bonchev–Trinajstić information content (AvgIpc) is 2.26. The van der Waals surface area contributed by atoms with E-state index in [2.05, 4.69) is 35.9 Å². The van der Waals surface area contributed by atoms with Crippen LogP contribution in [-0.2, 0) is 0 Å². The smallest absolute Gasteiger partial charge is 0.0601 e. The lowest BCUT2D eigenvalue weighted by Gasteiger charge is -2.18. The monoisotopic (exact) mass is 194 g/mol. The Morgan fingerprint density at radius 3 is 2.43 bits per heavy atom. The van der Waals surface area contributed by atoms with Crippen LogP contribution in [0.25, 0.3) is 0 Å². The zero-order chi connectivity index (χ0) is 10.2. The lowest BCUT2D eigenvalue weighted by atomic mass is 9.99. The molecule has 1 saturated heterocycles. The number of nitrogens with one attached hydrogen (secondary N) is 1. The molecule has 1 N–H and O–H groups in total. The van der Waals surface area contributed by atoms with Crippen molar-refractivity contribution in [3.05, 3.63) is 0 Å². The quantitative estimate of drug-likeness (QED) is 0.682. The normalized spacial score (nSPS) is 17.9. The average molecular weight is 194 g/mol. The molecule has 0 bridgehead atoms. The topological polar surface area (TPSA) is 15.3 Å². The summed E-state index contributed by atoms with van der Waals surface area (Å²) in [5.41, 5.74) is 0. The van der Waals surface area contributed by atoms with E-state index in [1.54, 1.807) is 0 Å². The Morgan fingerprint density at radius 2 is 1.86 bits per heavy atom. The molecule has 80 valence electrons. The molecule has 0 aromatic carbocycles. The molecular weight excluding hydrogens is 172 g/mol. The molecule has 0 aliphatic carbocycles. The summed E-state index contributed by atoms with van der Waals surface area (Å²) in [6.45, 7) is 9.83. The molecule has 0 atom stereocenters. The first-order valence-electron chi connectivity index (χ1n) is 5.78. The van der Waals surface area contributed by atoms with Crippen molar-refractivity contribution in [1.29, 1.82) is 0 Å². The third-order valence-electron chi connectivity index (χ3n) is 2.84. The van der Waals surface area contributed by atoms with Crippen molar-refractivity contribution in [1.82, 2.24) is 10.2 Å². The standard InChI is InChI=1S/C12H22N2/c1-3-14(4-2)11-5-6-12-7-9-13-10-8-12/h12-13H,3-4,7-11H2,1-2H3. The van der Waals surface area contributed by atoms with E-state index in [9.17, 15) is 0 Å². The molecule has 2 nitrogen and oxygen atoms in total. The van der Waals surface area contributed by atoms with E-state index in [1.807, 2.05) is 0 Å². The first-order valence-corrected chi connectivity index (χ1v) is 5.78. The van der Waals surface area contributed by atoms with Gasteiger partial charge in [-0.1, -0.05) is 25.7 Å². The van der Waals surface area contributed by atoms with Crippen LogP contribution in [0.2, 0.25) is 0 Å². The Bertz CT molecular complexity index is 192. The minimum Gasteiger partial charge on any atom is -0.317 e. The Morgan fingerprint density at radius 1 is 1.21 bits per heavy atom. The highest BCUT2D eigenvalue weighted by Crippen LogP contribution is 2.09. The summed E-state index contributed by atoms with van der Waals surface area (Å²) in [5.74, 6) is 7.34. The molecule has 0 saturated carbocycles. The fourth-order valence-corrected chi connectivity index (χ4v) is 1.72. The van der Waals surface area contributed by atoms with Crippen LogP contribution in [0.3, 0.4) is 0 Å². The van der Waals surface area contributed by atoms with Crippen LogP contribution in [0.5, 0.6) is 0 Å². The number of hydrogen-bond acceptors (Lipinski definition) is 2.